The second-order valence-corrected chi connectivity index (χ2v) is 5.66. The number of esters is 1. The van der Waals surface area contributed by atoms with Gasteiger partial charge in [-0.1, -0.05) is 0 Å². The number of nitrogens with one attached hydrogen (secondary N) is 1. The second-order valence-electron chi connectivity index (χ2n) is 5.66. The van der Waals surface area contributed by atoms with Gasteiger partial charge in [-0.3, -0.25) is 10.1 Å². The molecule has 2 aromatic rings. The van der Waals surface area contributed by atoms with Crippen molar-refractivity contribution in [3.63, 3.8) is 0 Å². The maximum absolute atomic E-state index is 12.6. The number of hydrogen-bond acceptors (Lipinski definition) is 9. The number of rotatable bonds is 5. The number of aromatic hydroxyl groups is 1. The molecule has 11 heteroatoms. The predicted molar refractivity (Wildman–Crippen MR) is 92.4 cm³/mol. The second kappa shape index (κ2) is 6.94. The molecule has 1 aliphatic heterocycles. The maximum atomic E-state index is 12.6. The smallest absolute Gasteiger partial charge is 0.338 e. The molecule has 27 heavy (non-hydrogen) atoms. The molecule has 0 radical (unpaired) electrons. The number of fused-ring (bicyclic) bond motifs is 1. The van der Waals surface area contributed by atoms with Crippen molar-refractivity contribution in [1.82, 2.24) is 14.8 Å². The minimum atomic E-state index is -0.851. The molecule has 0 saturated heterocycles. The molecule has 2 N–H and O–H groups in total. The van der Waals surface area contributed by atoms with Gasteiger partial charge in [-0.15, -0.1) is 0 Å². The molecule has 142 valence electrons. The van der Waals surface area contributed by atoms with Crippen LogP contribution in [0.15, 0.2) is 29.7 Å². The van der Waals surface area contributed by atoms with Crippen LogP contribution in [-0.2, 0) is 9.53 Å². The summed E-state index contributed by atoms with van der Waals surface area (Å²) in [6.45, 7) is 3.50. The van der Waals surface area contributed by atoms with E-state index in [0.717, 1.165) is 0 Å². The third-order valence-corrected chi connectivity index (χ3v) is 4.10. The fraction of sp³-hybridized carbons (Fsp3) is 0.312. The van der Waals surface area contributed by atoms with Gasteiger partial charge in [0.25, 0.3) is 0 Å². The largest absolute Gasteiger partial charge is 0.500 e. The van der Waals surface area contributed by atoms with Crippen LogP contribution in [0.25, 0.3) is 0 Å². The normalized spacial score (nSPS) is 15.7. The molecule has 1 aromatic carbocycles. The summed E-state index contributed by atoms with van der Waals surface area (Å²) in [6, 6.07) is 1.73. The highest BCUT2D eigenvalue weighted by Crippen LogP contribution is 2.42. The van der Waals surface area contributed by atoms with Crippen molar-refractivity contribution < 1.29 is 24.3 Å². The number of carbonyl (C=O) groups excluding carboxylic acids is 1. The van der Waals surface area contributed by atoms with E-state index in [1.54, 1.807) is 13.8 Å². The van der Waals surface area contributed by atoms with Crippen molar-refractivity contribution >= 4 is 17.6 Å². The molecule has 1 atom stereocenters. The zero-order valence-corrected chi connectivity index (χ0v) is 14.8. The Morgan fingerprint density at radius 2 is 2.22 bits per heavy atom. The molecule has 0 spiro atoms. The van der Waals surface area contributed by atoms with Gasteiger partial charge in [0.1, 0.15) is 12.4 Å². The first-order chi connectivity index (χ1) is 12.9. The third kappa shape index (κ3) is 3.03. The number of nitrogens with zero attached hydrogens (tertiary/aromatic N) is 4. The molecule has 0 bridgehead atoms. The molecule has 3 rings (SSSR count). The van der Waals surface area contributed by atoms with Crippen LogP contribution in [0.2, 0.25) is 0 Å². The Morgan fingerprint density at radius 1 is 1.48 bits per heavy atom. The number of aromatic nitrogens is 3. The molecule has 0 saturated carbocycles. The number of ether oxygens (including phenoxy) is 2. The van der Waals surface area contributed by atoms with Crippen LogP contribution in [-0.4, -0.2) is 44.5 Å². The predicted octanol–water partition coefficient (Wildman–Crippen LogP) is 1.75. The maximum Gasteiger partial charge on any atom is 0.338 e. The van der Waals surface area contributed by atoms with Crippen LogP contribution in [0, 0.1) is 10.1 Å². The van der Waals surface area contributed by atoms with E-state index in [1.807, 2.05) is 0 Å². The third-order valence-electron chi connectivity index (χ3n) is 4.10. The van der Waals surface area contributed by atoms with Crippen LogP contribution >= 0.6 is 0 Å². The summed E-state index contributed by atoms with van der Waals surface area (Å²) in [5.74, 6) is -0.929. The van der Waals surface area contributed by atoms with Crippen LogP contribution in [0.3, 0.4) is 0 Å². The van der Waals surface area contributed by atoms with Crippen LogP contribution in [0.1, 0.15) is 25.5 Å². The van der Waals surface area contributed by atoms with Gasteiger partial charge in [-0.05, 0) is 25.5 Å². The number of benzene rings is 1. The highest BCUT2D eigenvalue weighted by molar-refractivity contribution is 5.92. The zero-order valence-electron chi connectivity index (χ0n) is 14.8. The molecule has 1 aliphatic rings. The van der Waals surface area contributed by atoms with Gasteiger partial charge in [0.15, 0.2) is 5.75 Å². The zero-order chi connectivity index (χ0) is 19.7. The van der Waals surface area contributed by atoms with Gasteiger partial charge in [-0.25, -0.2) is 9.48 Å². The summed E-state index contributed by atoms with van der Waals surface area (Å²) >= 11 is 0. The van der Waals surface area contributed by atoms with E-state index >= 15 is 0 Å². The van der Waals surface area contributed by atoms with E-state index in [4.69, 9.17) is 9.47 Å². The monoisotopic (exact) mass is 375 g/mol. The first kappa shape index (κ1) is 18.2. The number of phenols is 1. The van der Waals surface area contributed by atoms with Gasteiger partial charge in [-0.2, -0.15) is 10.1 Å². The molecule has 1 aromatic heterocycles. The minimum absolute atomic E-state index is 0.0970. The Balaban J connectivity index is 2.25. The molecular formula is C16H17N5O6. The molecule has 2 heterocycles. The first-order valence-corrected chi connectivity index (χ1v) is 7.98. The van der Waals surface area contributed by atoms with Gasteiger partial charge in [0.2, 0.25) is 11.7 Å². The Bertz CT molecular complexity index is 951. The Hall–Kier alpha value is -3.63. The summed E-state index contributed by atoms with van der Waals surface area (Å²) in [7, 11) is 1.28. The van der Waals surface area contributed by atoms with Crippen molar-refractivity contribution in [2.75, 3.05) is 19.0 Å². The van der Waals surface area contributed by atoms with E-state index in [9.17, 15) is 20.0 Å². The summed E-state index contributed by atoms with van der Waals surface area (Å²) in [6.07, 6.45) is 1.29. The van der Waals surface area contributed by atoms with E-state index in [0.29, 0.717) is 17.2 Å². The van der Waals surface area contributed by atoms with Crippen molar-refractivity contribution in [3.8, 4) is 11.5 Å². The average Bonchev–Trinajstić information content (AvgIpc) is 3.08. The van der Waals surface area contributed by atoms with Crippen molar-refractivity contribution in [2.45, 2.75) is 19.9 Å². The van der Waals surface area contributed by atoms with E-state index < -0.39 is 28.4 Å². The minimum Gasteiger partial charge on any atom is -0.500 e. The quantitative estimate of drug-likeness (QED) is 0.454. The van der Waals surface area contributed by atoms with Gasteiger partial charge in [0, 0.05) is 11.8 Å². The number of carbonyl (C=O) groups is 1. The number of nitro benzene ring substituents is 1. The standard InChI is InChI=1S/C16H17N5O6/c1-4-27-15(23)12-8(2)19-16-17-7-18-20(16)13(12)9-5-10(21(24)25)14(22)11(6-9)26-3/h5-7,13,22H,4H2,1-3H3,(H,17,18,19). The number of allylic oxidation sites excluding steroid dienone is 1. The molecule has 0 aliphatic carbocycles. The molecular weight excluding hydrogens is 358 g/mol. The van der Waals surface area contributed by atoms with Crippen LogP contribution in [0.4, 0.5) is 11.6 Å². The fourth-order valence-corrected chi connectivity index (χ4v) is 2.94. The molecule has 11 nitrogen and oxygen atoms in total. The lowest BCUT2D eigenvalue weighted by Crippen LogP contribution is -2.29. The Kier molecular flexibility index (Phi) is 4.67. The van der Waals surface area contributed by atoms with Gasteiger partial charge < -0.3 is 19.9 Å². The number of methoxy groups -OCH3 is 1. The lowest BCUT2D eigenvalue weighted by Gasteiger charge is -2.28. The fourth-order valence-electron chi connectivity index (χ4n) is 2.94. The van der Waals surface area contributed by atoms with Gasteiger partial charge >= 0.3 is 11.7 Å². The topological polar surface area (TPSA) is 142 Å². The van der Waals surface area contributed by atoms with Gasteiger partial charge in [0.05, 0.1) is 24.2 Å². The van der Waals surface area contributed by atoms with Crippen molar-refractivity contribution in [3.05, 3.63) is 45.4 Å². The number of anilines is 1. The molecule has 0 fully saturated rings. The highest BCUT2D eigenvalue weighted by Gasteiger charge is 2.36. The lowest BCUT2D eigenvalue weighted by atomic mass is 9.95. The molecule has 1 unspecified atom stereocenters. The van der Waals surface area contributed by atoms with Crippen LogP contribution < -0.4 is 10.1 Å². The molecule has 0 amide bonds. The summed E-state index contributed by atoms with van der Waals surface area (Å²) in [4.78, 5) is 27.3. The van der Waals surface area contributed by atoms with Crippen molar-refractivity contribution in [1.29, 1.82) is 0 Å². The Morgan fingerprint density at radius 3 is 2.85 bits per heavy atom. The summed E-state index contributed by atoms with van der Waals surface area (Å²) in [5.41, 5.74) is 0.461. The first-order valence-electron chi connectivity index (χ1n) is 7.98. The lowest BCUT2D eigenvalue weighted by molar-refractivity contribution is -0.386. The average molecular weight is 375 g/mol. The SMILES string of the molecule is CCOC(=O)C1=C(C)Nc2ncnn2C1c1cc(OC)c(O)c([N+](=O)[O-])c1. The van der Waals surface area contributed by atoms with Crippen LogP contribution in [0.5, 0.6) is 11.5 Å². The number of nitro groups is 1. The Labute approximate surface area is 153 Å². The number of hydrogen-bond donors (Lipinski definition) is 2. The van der Waals surface area contributed by atoms with Crippen molar-refractivity contribution in [2.24, 2.45) is 0 Å². The number of phenolic OH excluding ortho intramolecular Hbond substituents is 1. The highest BCUT2D eigenvalue weighted by atomic mass is 16.6. The van der Waals surface area contributed by atoms with E-state index in [1.165, 1.54) is 30.3 Å². The van der Waals surface area contributed by atoms with E-state index in [-0.39, 0.29) is 17.9 Å². The van der Waals surface area contributed by atoms with E-state index in [2.05, 4.69) is 15.4 Å². The summed E-state index contributed by atoms with van der Waals surface area (Å²) < 4.78 is 11.6. The summed E-state index contributed by atoms with van der Waals surface area (Å²) in [5, 5.41) is 28.5.